The van der Waals surface area contributed by atoms with Gasteiger partial charge in [-0.3, -0.25) is 4.79 Å². The zero-order chi connectivity index (χ0) is 18.1. The molecule has 0 aliphatic carbocycles. The Morgan fingerprint density at radius 3 is 2.62 bits per heavy atom. The SMILES string of the molecule is O=C(c1cc2c(cc1O)OCO2)N1CCC[C@@](CO)(c2ccccc2)C1. The van der Waals surface area contributed by atoms with Crippen LogP contribution in [0.5, 0.6) is 17.2 Å². The van der Waals surface area contributed by atoms with Crippen LogP contribution in [0.4, 0.5) is 0 Å². The molecule has 2 aliphatic heterocycles. The van der Waals surface area contributed by atoms with E-state index in [1.54, 1.807) is 4.90 Å². The van der Waals surface area contributed by atoms with Crippen LogP contribution in [0.25, 0.3) is 0 Å². The molecule has 1 amide bonds. The molecule has 136 valence electrons. The number of hydrogen-bond donors (Lipinski definition) is 2. The van der Waals surface area contributed by atoms with E-state index in [9.17, 15) is 15.0 Å². The molecule has 6 heteroatoms. The molecule has 1 atom stereocenters. The lowest BCUT2D eigenvalue weighted by Gasteiger charge is -2.42. The summed E-state index contributed by atoms with van der Waals surface area (Å²) >= 11 is 0. The van der Waals surface area contributed by atoms with Crippen molar-refractivity contribution in [2.24, 2.45) is 0 Å². The number of aliphatic hydroxyl groups excluding tert-OH is 1. The first-order chi connectivity index (χ1) is 12.6. The number of nitrogens with zero attached hydrogens (tertiary/aromatic N) is 1. The van der Waals surface area contributed by atoms with Crippen LogP contribution >= 0.6 is 0 Å². The Balaban J connectivity index is 1.63. The molecule has 2 heterocycles. The Hall–Kier alpha value is -2.73. The molecule has 0 saturated carbocycles. The summed E-state index contributed by atoms with van der Waals surface area (Å²) < 4.78 is 10.5. The monoisotopic (exact) mass is 355 g/mol. The van der Waals surface area contributed by atoms with Gasteiger partial charge in [-0.1, -0.05) is 30.3 Å². The van der Waals surface area contributed by atoms with E-state index in [0.29, 0.717) is 24.6 Å². The highest BCUT2D eigenvalue weighted by Crippen LogP contribution is 2.39. The van der Waals surface area contributed by atoms with Gasteiger partial charge in [-0.05, 0) is 18.4 Å². The predicted octanol–water partition coefficient (Wildman–Crippen LogP) is 2.29. The van der Waals surface area contributed by atoms with E-state index >= 15 is 0 Å². The van der Waals surface area contributed by atoms with Crippen LogP contribution in [0.1, 0.15) is 28.8 Å². The van der Waals surface area contributed by atoms with E-state index in [2.05, 4.69) is 0 Å². The van der Waals surface area contributed by atoms with Gasteiger partial charge in [-0.15, -0.1) is 0 Å². The van der Waals surface area contributed by atoms with Crippen molar-refractivity contribution in [3.05, 3.63) is 53.6 Å². The zero-order valence-corrected chi connectivity index (χ0v) is 14.4. The van der Waals surface area contributed by atoms with Gasteiger partial charge in [-0.25, -0.2) is 0 Å². The third-order valence-corrected chi connectivity index (χ3v) is 5.27. The Morgan fingerprint density at radius 2 is 1.88 bits per heavy atom. The smallest absolute Gasteiger partial charge is 0.257 e. The van der Waals surface area contributed by atoms with Crippen molar-refractivity contribution in [3.63, 3.8) is 0 Å². The Bertz CT molecular complexity index is 822. The molecule has 0 radical (unpaired) electrons. The third kappa shape index (κ3) is 2.76. The second kappa shape index (κ2) is 6.53. The molecule has 26 heavy (non-hydrogen) atoms. The number of benzene rings is 2. The summed E-state index contributed by atoms with van der Waals surface area (Å²) in [6.45, 7) is 1.03. The highest BCUT2D eigenvalue weighted by atomic mass is 16.7. The van der Waals surface area contributed by atoms with Crippen molar-refractivity contribution >= 4 is 5.91 Å². The average molecular weight is 355 g/mol. The van der Waals surface area contributed by atoms with Crippen molar-refractivity contribution in [1.82, 2.24) is 4.90 Å². The topological polar surface area (TPSA) is 79.2 Å². The zero-order valence-electron chi connectivity index (χ0n) is 14.4. The van der Waals surface area contributed by atoms with Crippen LogP contribution < -0.4 is 9.47 Å². The summed E-state index contributed by atoms with van der Waals surface area (Å²) in [5, 5.41) is 20.4. The number of aromatic hydroxyl groups is 1. The maximum Gasteiger partial charge on any atom is 0.257 e. The maximum absolute atomic E-state index is 13.0. The number of hydrogen-bond acceptors (Lipinski definition) is 5. The van der Waals surface area contributed by atoms with Gasteiger partial charge in [0.15, 0.2) is 11.5 Å². The summed E-state index contributed by atoms with van der Waals surface area (Å²) in [5.74, 6) is 0.500. The summed E-state index contributed by atoms with van der Waals surface area (Å²) in [6.07, 6.45) is 1.59. The molecule has 4 rings (SSSR count). The van der Waals surface area contributed by atoms with Crippen LogP contribution in [0.15, 0.2) is 42.5 Å². The number of amides is 1. The van der Waals surface area contributed by atoms with Crippen molar-refractivity contribution < 1.29 is 24.5 Å². The molecule has 0 bridgehead atoms. The second-order valence-corrected chi connectivity index (χ2v) is 6.86. The first-order valence-electron chi connectivity index (χ1n) is 8.71. The van der Waals surface area contributed by atoms with Crippen molar-refractivity contribution in [2.75, 3.05) is 26.5 Å². The lowest BCUT2D eigenvalue weighted by Crippen LogP contribution is -2.50. The first kappa shape index (κ1) is 16.7. The van der Waals surface area contributed by atoms with Gasteiger partial charge >= 0.3 is 0 Å². The standard InChI is InChI=1S/C20H21NO5/c22-12-20(14-5-2-1-3-6-14)7-4-8-21(11-20)19(24)15-9-17-18(10-16(15)23)26-13-25-17/h1-3,5-6,9-10,22-23H,4,7-8,11-13H2/t20-/m1/s1. The van der Waals surface area contributed by atoms with Crippen LogP contribution in [-0.2, 0) is 5.41 Å². The van der Waals surface area contributed by atoms with Gasteiger partial charge < -0.3 is 24.6 Å². The molecule has 1 fully saturated rings. The minimum Gasteiger partial charge on any atom is -0.507 e. The summed E-state index contributed by atoms with van der Waals surface area (Å²) in [6, 6.07) is 12.7. The van der Waals surface area contributed by atoms with Crippen molar-refractivity contribution in [2.45, 2.75) is 18.3 Å². The van der Waals surface area contributed by atoms with Crippen molar-refractivity contribution in [3.8, 4) is 17.2 Å². The van der Waals surface area contributed by atoms with Gasteiger partial charge in [0.25, 0.3) is 5.91 Å². The summed E-state index contributed by atoms with van der Waals surface area (Å²) in [7, 11) is 0. The van der Waals surface area contributed by atoms with Crippen LogP contribution in [0.2, 0.25) is 0 Å². The van der Waals surface area contributed by atoms with Crippen LogP contribution in [0.3, 0.4) is 0 Å². The second-order valence-electron chi connectivity index (χ2n) is 6.86. The number of carbonyl (C=O) groups is 1. The van der Waals surface area contributed by atoms with E-state index in [1.165, 1.54) is 12.1 Å². The number of piperidine rings is 1. The maximum atomic E-state index is 13.0. The lowest BCUT2D eigenvalue weighted by atomic mass is 9.74. The van der Waals surface area contributed by atoms with Gasteiger partial charge in [0.1, 0.15) is 5.75 Å². The Labute approximate surface area is 151 Å². The Morgan fingerprint density at radius 1 is 1.15 bits per heavy atom. The number of aliphatic hydroxyl groups is 1. The predicted molar refractivity (Wildman–Crippen MR) is 94.6 cm³/mol. The first-order valence-corrected chi connectivity index (χ1v) is 8.71. The van der Waals surface area contributed by atoms with Crippen molar-refractivity contribution in [1.29, 1.82) is 0 Å². The van der Waals surface area contributed by atoms with E-state index in [-0.39, 0.29) is 30.6 Å². The fraction of sp³-hybridized carbons (Fsp3) is 0.350. The molecule has 0 spiro atoms. The fourth-order valence-electron chi connectivity index (χ4n) is 3.83. The van der Waals surface area contributed by atoms with Gasteiger partial charge in [0.2, 0.25) is 6.79 Å². The summed E-state index contributed by atoms with van der Waals surface area (Å²) in [4.78, 5) is 14.7. The average Bonchev–Trinajstić information content (AvgIpc) is 3.14. The molecule has 2 aromatic carbocycles. The number of rotatable bonds is 3. The molecular formula is C20H21NO5. The number of phenolic OH excluding ortho intramolecular Hbond substituents is 1. The number of carbonyl (C=O) groups excluding carboxylic acids is 1. The van der Waals surface area contributed by atoms with E-state index < -0.39 is 5.41 Å². The van der Waals surface area contributed by atoms with Gasteiger partial charge in [0, 0.05) is 30.6 Å². The number of fused-ring (bicyclic) bond motifs is 1. The molecule has 2 aliphatic rings. The highest BCUT2D eigenvalue weighted by Gasteiger charge is 2.39. The van der Waals surface area contributed by atoms with E-state index in [4.69, 9.17) is 9.47 Å². The molecule has 6 nitrogen and oxygen atoms in total. The van der Waals surface area contributed by atoms with Gasteiger partial charge in [-0.2, -0.15) is 0 Å². The molecule has 0 aromatic heterocycles. The van der Waals surface area contributed by atoms with E-state index in [1.807, 2.05) is 30.3 Å². The quantitative estimate of drug-likeness (QED) is 0.883. The van der Waals surface area contributed by atoms with Crippen LogP contribution in [0, 0.1) is 0 Å². The summed E-state index contributed by atoms with van der Waals surface area (Å²) in [5.41, 5.74) is 0.729. The highest BCUT2D eigenvalue weighted by molar-refractivity contribution is 5.98. The number of ether oxygens (including phenoxy) is 2. The van der Waals surface area contributed by atoms with Gasteiger partial charge in [0.05, 0.1) is 12.2 Å². The van der Waals surface area contributed by atoms with Crippen LogP contribution in [-0.4, -0.2) is 47.5 Å². The Kier molecular flexibility index (Phi) is 4.20. The number of likely N-dealkylation sites (tertiary alicyclic amines) is 1. The molecule has 2 N–H and O–H groups in total. The lowest BCUT2D eigenvalue weighted by molar-refractivity contribution is 0.0540. The largest absolute Gasteiger partial charge is 0.507 e. The normalized spacial score (nSPS) is 21.7. The molecular weight excluding hydrogens is 334 g/mol. The minimum atomic E-state index is -0.485. The van der Waals surface area contributed by atoms with E-state index in [0.717, 1.165) is 18.4 Å². The third-order valence-electron chi connectivity index (χ3n) is 5.27. The number of phenols is 1. The fourth-order valence-corrected chi connectivity index (χ4v) is 3.83. The molecule has 2 aromatic rings. The minimum absolute atomic E-state index is 0.0338. The molecule has 1 saturated heterocycles. The molecule has 0 unspecified atom stereocenters.